The average Bonchev–Trinajstić information content (AvgIpc) is 2.77. The Bertz CT molecular complexity index is 999. The van der Waals surface area contributed by atoms with E-state index in [1.165, 1.54) is 7.11 Å². The van der Waals surface area contributed by atoms with Crippen molar-refractivity contribution in [2.45, 2.75) is 19.6 Å². The summed E-state index contributed by atoms with van der Waals surface area (Å²) in [6, 6.07) is 22.8. The minimum Gasteiger partial charge on any atom is -0.473 e. The van der Waals surface area contributed by atoms with Crippen LogP contribution in [0.15, 0.2) is 66.7 Å². The van der Waals surface area contributed by atoms with E-state index in [0.717, 1.165) is 11.1 Å². The Labute approximate surface area is 169 Å². The minimum absolute atomic E-state index is 0.0781. The van der Waals surface area contributed by atoms with Crippen LogP contribution in [0.3, 0.4) is 0 Å². The molecule has 6 nitrogen and oxygen atoms in total. The monoisotopic (exact) mass is 388 g/mol. The van der Waals surface area contributed by atoms with E-state index in [1.54, 1.807) is 6.07 Å². The zero-order valence-electron chi connectivity index (χ0n) is 16.0. The molecule has 1 heterocycles. The van der Waals surface area contributed by atoms with Gasteiger partial charge in [-0.05, 0) is 16.7 Å². The van der Waals surface area contributed by atoms with Crippen molar-refractivity contribution in [1.29, 1.82) is 5.26 Å². The van der Waals surface area contributed by atoms with Gasteiger partial charge in [0.2, 0.25) is 11.8 Å². The lowest BCUT2D eigenvalue weighted by Gasteiger charge is -2.13. The summed E-state index contributed by atoms with van der Waals surface area (Å²) in [7, 11) is 1.30. The molecule has 1 aromatic heterocycles. The van der Waals surface area contributed by atoms with E-state index < -0.39 is 5.97 Å². The Kier molecular flexibility index (Phi) is 6.80. The van der Waals surface area contributed by atoms with Gasteiger partial charge in [-0.25, -0.2) is 0 Å². The molecule has 3 aromatic rings. The van der Waals surface area contributed by atoms with Gasteiger partial charge in [0, 0.05) is 6.07 Å². The van der Waals surface area contributed by atoms with Crippen molar-refractivity contribution < 1.29 is 19.0 Å². The van der Waals surface area contributed by atoms with Crippen LogP contribution >= 0.6 is 0 Å². The van der Waals surface area contributed by atoms with Crippen LogP contribution in [0.25, 0.3) is 0 Å². The van der Waals surface area contributed by atoms with Crippen LogP contribution in [0.4, 0.5) is 0 Å². The second-order valence-electron chi connectivity index (χ2n) is 6.21. The molecule has 6 heteroatoms. The molecule has 0 amide bonds. The molecule has 0 aliphatic rings. The first kappa shape index (κ1) is 19.9. The number of nitriles is 1. The highest BCUT2D eigenvalue weighted by Crippen LogP contribution is 2.26. The quantitative estimate of drug-likeness (QED) is 0.546. The van der Waals surface area contributed by atoms with Crippen molar-refractivity contribution in [3.05, 3.63) is 89.0 Å². The first-order valence-corrected chi connectivity index (χ1v) is 9.04. The van der Waals surface area contributed by atoms with Gasteiger partial charge in [-0.1, -0.05) is 60.7 Å². The van der Waals surface area contributed by atoms with Crippen molar-refractivity contribution >= 4 is 5.97 Å². The molecule has 0 N–H and O–H groups in total. The lowest BCUT2D eigenvalue weighted by molar-refractivity contribution is -0.139. The van der Waals surface area contributed by atoms with Crippen molar-refractivity contribution in [2.75, 3.05) is 7.11 Å². The predicted molar refractivity (Wildman–Crippen MR) is 106 cm³/mol. The zero-order valence-corrected chi connectivity index (χ0v) is 16.0. The van der Waals surface area contributed by atoms with Gasteiger partial charge in [0.1, 0.15) is 24.8 Å². The fourth-order valence-electron chi connectivity index (χ4n) is 2.67. The van der Waals surface area contributed by atoms with Gasteiger partial charge in [0.25, 0.3) is 0 Å². The molecule has 0 aliphatic heterocycles. The van der Waals surface area contributed by atoms with Crippen LogP contribution in [0.2, 0.25) is 0 Å². The number of aromatic nitrogens is 1. The summed E-state index contributed by atoms with van der Waals surface area (Å²) < 4.78 is 16.3. The fourth-order valence-corrected chi connectivity index (χ4v) is 2.67. The number of nitrogens with zero attached hydrogens (tertiary/aromatic N) is 2. The highest BCUT2D eigenvalue weighted by atomic mass is 16.5. The van der Waals surface area contributed by atoms with Gasteiger partial charge >= 0.3 is 5.97 Å². The highest BCUT2D eigenvalue weighted by molar-refractivity contribution is 5.74. The smallest absolute Gasteiger partial charge is 0.310 e. The average molecular weight is 388 g/mol. The van der Waals surface area contributed by atoms with Crippen LogP contribution in [-0.4, -0.2) is 18.1 Å². The molecule has 29 heavy (non-hydrogen) atoms. The second-order valence-corrected chi connectivity index (χ2v) is 6.21. The number of hydrogen-bond donors (Lipinski definition) is 0. The number of pyridine rings is 1. The molecule has 0 saturated carbocycles. The number of hydrogen-bond acceptors (Lipinski definition) is 6. The number of esters is 1. The molecule has 0 aliphatic carbocycles. The molecule has 0 atom stereocenters. The maximum Gasteiger partial charge on any atom is 0.310 e. The van der Waals surface area contributed by atoms with Crippen LogP contribution in [0.1, 0.15) is 22.3 Å². The third-order valence-corrected chi connectivity index (χ3v) is 4.17. The van der Waals surface area contributed by atoms with E-state index in [0.29, 0.717) is 12.2 Å². The minimum atomic E-state index is -0.462. The van der Waals surface area contributed by atoms with Crippen LogP contribution < -0.4 is 9.47 Å². The van der Waals surface area contributed by atoms with Gasteiger partial charge in [-0.3, -0.25) is 4.79 Å². The molecule has 2 aromatic carbocycles. The summed E-state index contributed by atoms with van der Waals surface area (Å²) in [6.45, 7) is 0.540. The summed E-state index contributed by atoms with van der Waals surface area (Å²) in [5, 5.41) is 9.62. The normalized spacial score (nSPS) is 10.1. The Morgan fingerprint density at radius 2 is 1.55 bits per heavy atom. The maximum atomic E-state index is 11.8. The fraction of sp³-hybridized carbons (Fsp3) is 0.174. The number of benzene rings is 2. The highest BCUT2D eigenvalue weighted by Gasteiger charge is 2.18. The van der Waals surface area contributed by atoms with Crippen LogP contribution in [0.5, 0.6) is 11.8 Å². The number of carbonyl (C=O) groups is 1. The van der Waals surface area contributed by atoms with E-state index in [-0.39, 0.29) is 30.4 Å². The Morgan fingerprint density at radius 3 is 2.10 bits per heavy atom. The molecule has 0 fully saturated rings. The molecule has 0 radical (unpaired) electrons. The zero-order chi connectivity index (χ0) is 20.5. The van der Waals surface area contributed by atoms with E-state index in [2.05, 4.69) is 11.1 Å². The van der Waals surface area contributed by atoms with Crippen molar-refractivity contribution in [3.63, 3.8) is 0 Å². The SMILES string of the molecule is COC(=O)Cc1cc(OCc2ccccc2)nc(OCc2ccccc2)c1C#N. The molecule has 146 valence electrons. The molecule has 3 rings (SSSR count). The van der Waals surface area contributed by atoms with E-state index in [1.807, 2.05) is 60.7 Å². The van der Waals surface area contributed by atoms with Gasteiger partial charge in [0.05, 0.1) is 13.5 Å². The van der Waals surface area contributed by atoms with Crippen molar-refractivity contribution in [2.24, 2.45) is 0 Å². The molecule has 0 bridgehead atoms. The summed E-state index contributed by atoms with van der Waals surface area (Å²) >= 11 is 0. The Balaban J connectivity index is 1.87. The molecule has 0 saturated heterocycles. The van der Waals surface area contributed by atoms with Crippen LogP contribution in [-0.2, 0) is 29.2 Å². The van der Waals surface area contributed by atoms with Gasteiger partial charge in [-0.2, -0.15) is 10.2 Å². The maximum absolute atomic E-state index is 11.8. The summed E-state index contributed by atoms with van der Waals surface area (Å²) in [6.07, 6.45) is -0.0781. The number of rotatable bonds is 8. The lowest BCUT2D eigenvalue weighted by Crippen LogP contribution is -2.10. The van der Waals surface area contributed by atoms with E-state index >= 15 is 0 Å². The topological polar surface area (TPSA) is 81.4 Å². The number of methoxy groups -OCH3 is 1. The predicted octanol–water partition coefficient (Wildman–Crippen LogP) is 3.83. The number of ether oxygens (including phenoxy) is 3. The third-order valence-electron chi connectivity index (χ3n) is 4.17. The van der Waals surface area contributed by atoms with Gasteiger partial charge in [-0.15, -0.1) is 0 Å². The summed E-state index contributed by atoms with van der Waals surface area (Å²) in [4.78, 5) is 16.1. The molecule has 0 spiro atoms. The molecular formula is C23H20N2O4. The Morgan fingerprint density at radius 1 is 0.966 bits per heavy atom. The summed E-state index contributed by atoms with van der Waals surface area (Å²) in [5.74, 6) is -0.0636. The largest absolute Gasteiger partial charge is 0.473 e. The molecular weight excluding hydrogens is 368 g/mol. The third kappa shape index (κ3) is 5.56. The van der Waals surface area contributed by atoms with E-state index in [4.69, 9.17) is 14.2 Å². The van der Waals surface area contributed by atoms with Gasteiger partial charge < -0.3 is 14.2 Å². The van der Waals surface area contributed by atoms with E-state index in [9.17, 15) is 10.1 Å². The standard InChI is InChI=1S/C23H20N2O4/c1-27-22(26)13-19-12-21(28-15-17-8-4-2-5-9-17)25-23(20(19)14-24)29-16-18-10-6-3-7-11-18/h2-12H,13,15-16H2,1H3. The Hall–Kier alpha value is -3.85. The lowest BCUT2D eigenvalue weighted by atomic mass is 10.1. The summed E-state index contributed by atoms with van der Waals surface area (Å²) in [5.41, 5.74) is 2.54. The number of carbonyl (C=O) groups excluding carboxylic acids is 1. The van der Waals surface area contributed by atoms with Crippen LogP contribution in [0, 0.1) is 11.3 Å². The first-order valence-electron chi connectivity index (χ1n) is 9.04. The first-order chi connectivity index (χ1) is 14.2. The second kappa shape index (κ2) is 9.90. The molecule has 0 unspecified atom stereocenters. The van der Waals surface area contributed by atoms with Crippen molar-refractivity contribution in [1.82, 2.24) is 4.98 Å². The van der Waals surface area contributed by atoms with Crippen molar-refractivity contribution in [3.8, 4) is 17.8 Å². The van der Waals surface area contributed by atoms with Gasteiger partial charge in [0.15, 0.2) is 0 Å².